The molecule has 0 amide bonds. The fourth-order valence-electron chi connectivity index (χ4n) is 7.01. The molecule has 0 aliphatic heterocycles. The van der Waals surface area contributed by atoms with Gasteiger partial charge in [0.2, 0.25) is 0 Å². The summed E-state index contributed by atoms with van der Waals surface area (Å²) < 4.78 is 27.9. The summed E-state index contributed by atoms with van der Waals surface area (Å²) in [5.41, 5.74) is 2.79. The van der Waals surface area contributed by atoms with Gasteiger partial charge in [-0.15, -0.1) is 0 Å². The second-order valence-corrected chi connectivity index (χ2v) is 20.1. The molecule has 0 bridgehead atoms. The van der Waals surface area contributed by atoms with Gasteiger partial charge in [0, 0.05) is 34.0 Å². The number of phenolic OH excluding ortho intramolecular Hbond substituents is 1. The highest BCUT2D eigenvalue weighted by atomic mass is 19.1. The van der Waals surface area contributed by atoms with Crippen LogP contribution < -0.4 is 9.47 Å². The number of nitrogens with zero attached hydrogens (tertiary/aromatic N) is 1. The highest BCUT2D eigenvalue weighted by Gasteiger charge is 2.45. The molecule has 0 aliphatic carbocycles. The average Bonchev–Trinajstić information content (AvgIpc) is 3.05. The molecule has 3 rings (SSSR count). The minimum Gasteiger partial charge on any atom is -0.507 e. The maximum absolute atomic E-state index is 14.5. The second-order valence-electron chi connectivity index (χ2n) is 20.1. The summed E-state index contributed by atoms with van der Waals surface area (Å²) in [7, 11) is 0. The highest BCUT2D eigenvalue weighted by Crippen LogP contribution is 2.49. The molecule has 306 valence electrons. The lowest BCUT2D eigenvalue weighted by molar-refractivity contribution is 0.0447. The van der Waals surface area contributed by atoms with Crippen LogP contribution in [0.25, 0.3) is 0 Å². The average molecular weight is 760 g/mol. The van der Waals surface area contributed by atoms with E-state index in [-0.39, 0.29) is 38.9 Å². The van der Waals surface area contributed by atoms with Crippen molar-refractivity contribution < 1.29 is 24.1 Å². The molecule has 0 fully saturated rings. The second kappa shape index (κ2) is 17.8. The Labute approximate surface area is 334 Å². The first-order valence-corrected chi connectivity index (χ1v) is 20.6. The van der Waals surface area contributed by atoms with Crippen LogP contribution >= 0.6 is 0 Å². The molecule has 3 aromatic carbocycles. The van der Waals surface area contributed by atoms with E-state index in [1.807, 2.05) is 0 Å². The predicted molar refractivity (Wildman–Crippen MR) is 230 cm³/mol. The first kappa shape index (κ1) is 46.0. The van der Waals surface area contributed by atoms with E-state index in [1.165, 1.54) is 24.4 Å². The van der Waals surface area contributed by atoms with Gasteiger partial charge in [0.1, 0.15) is 28.7 Å². The quantitative estimate of drug-likeness (QED) is 0.120. The van der Waals surface area contributed by atoms with Crippen molar-refractivity contribution in [1.82, 2.24) is 0 Å². The van der Waals surface area contributed by atoms with Crippen LogP contribution in [0.4, 0.5) is 4.39 Å². The monoisotopic (exact) mass is 760 g/mol. The molecule has 0 radical (unpaired) electrons. The van der Waals surface area contributed by atoms with E-state index in [2.05, 4.69) is 135 Å². The van der Waals surface area contributed by atoms with Gasteiger partial charge in [0.25, 0.3) is 0 Å². The molecule has 0 spiro atoms. The van der Waals surface area contributed by atoms with Gasteiger partial charge in [0.15, 0.2) is 0 Å². The van der Waals surface area contributed by atoms with Gasteiger partial charge < -0.3 is 19.7 Å². The summed E-state index contributed by atoms with van der Waals surface area (Å²) in [4.78, 5) is 5.13. The lowest BCUT2D eigenvalue weighted by Crippen LogP contribution is -2.42. The van der Waals surface area contributed by atoms with Crippen LogP contribution in [0.2, 0.25) is 0 Å². The van der Waals surface area contributed by atoms with E-state index in [9.17, 15) is 14.6 Å². The van der Waals surface area contributed by atoms with Crippen LogP contribution in [0, 0.1) is 11.7 Å². The Kier molecular flexibility index (Phi) is 14.9. The maximum Gasteiger partial charge on any atom is 0.137 e. The van der Waals surface area contributed by atoms with E-state index < -0.39 is 17.5 Å². The molecule has 2 N–H and O–H groups in total. The number of aliphatic imine (C=N–C) groups is 1. The first-order chi connectivity index (χ1) is 25.3. The summed E-state index contributed by atoms with van der Waals surface area (Å²) in [5, 5.41) is 24.9. The van der Waals surface area contributed by atoms with Gasteiger partial charge in [-0.05, 0) is 100 Å². The number of halogens is 1. The Bertz CT molecular complexity index is 1600. The molecule has 5 nitrogen and oxygen atoms in total. The zero-order chi connectivity index (χ0) is 41.7. The number of rotatable bonds is 15. The number of unbranched alkanes of at least 4 members (excludes halogenated alkanes) is 2. The number of ether oxygens (including phenoxy) is 2. The molecule has 55 heavy (non-hydrogen) atoms. The minimum absolute atomic E-state index is 0.0748. The van der Waals surface area contributed by atoms with Gasteiger partial charge in [-0.25, -0.2) is 4.39 Å². The lowest BCUT2D eigenvalue weighted by atomic mass is 9.69. The molecule has 3 aromatic rings. The Balaban J connectivity index is 2.67. The molecule has 0 aliphatic rings. The molecule has 6 heteroatoms. The van der Waals surface area contributed by atoms with E-state index in [0.717, 1.165) is 70.6 Å². The molecule has 0 saturated carbocycles. The van der Waals surface area contributed by atoms with Crippen molar-refractivity contribution in [3.05, 3.63) is 87.2 Å². The van der Waals surface area contributed by atoms with Gasteiger partial charge in [-0.3, -0.25) is 4.99 Å². The third-order valence-corrected chi connectivity index (χ3v) is 10.3. The number of hydrogen-bond acceptors (Lipinski definition) is 5. The van der Waals surface area contributed by atoms with Crippen LogP contribution in [-0.2, 0) is 27.3 Å². The third-order valence-electron chi connectivity index (χ3n) is 10.3. The number of hydrogen-bond donors (Lipinski definition) is 2. The van der Waals surface area contributed by atoms with Crippen molar-refractivity contribution >= 4 is 6.21 Å². The van der Waals surface area contributed by atoms with Crippen molar-refractivity contribution in [2.75, 3.05) is 13.2 Å². The van der Waals surface area contributed by atoms with Crippen molar-refractivity contribution in [1.29, 1.82) is 0 Å². The first-order valence-electron chi connectivity index (χ1n) is 20.6. The molecule has 1 atom stereocenters. The molecule has 0 aromatic heterocycles. The summed E-state index contributed by atoms with van der Waals surface area (Å²) in [6.07, 6.45) is 5.95. The standard InChI is InChI=1S/C49H74FNO4/c1-17-19-23-54-43-37(45(5,6)7)27-34(28-38(43)46(8,9)10)49(53,42(25-32(3)4)51-31-33-26-36(50)21-22-41(33)52)35-29-39(47(11,12)13)44(55-24-20-18-2)40(30-35)48(14,15)16/h21-22,26-32,42,52-53H,17-20,23-25H2,1-16H3. The van der Waals surface area contributed by atoms with Gasteiger partial charge in [0.05, 0.1) is 19.3 Å². The lowest BCUT2D eigenvalue weighted by Gasteiger charge is -2.41. The van der Waals surface area contributed by atoms with Gasteiger partial charge in [-0.2, -0.15) is 0 Å². The van der Waals surface area contributed by atoms with Crippen LogP contribution in [0.5, 0.6) is 17.2 Å². The number of phenols is 1. The van der Waals surface area contributed by atoms with E-state index in [0.29, 0.717) is 19.6 Å². The van der Waals surface area contributed by atoms with Crippen molar-refractivity contribution in [3.8, 4) is 17.2 Å². The summed E-state index contributed by atoms with van der Waals surface area (Å²) in [6.45, 7) is 36.1. The van der Waals surface area contributed by atoms with Crippen LogP contribution in [0.15, 0.2) is 47.5 Å². The molecule has 0 saturated heterocycles. The zero-order valence-corrected chi connectivity index (χ0v) is 37.3. The summed E-state index contributed by atoms with van der Waals surface area (Å²) in [5.74, 6) is 1.34. The van der Waals surface area contributed by atoms with Crippen LogP contribution in [0.1, 0.15) is 182 Å². The van der Waals surface area contributed by atoms with Crippen molar-refractivity contribution in [2.24, 2.45) is 10.9 Å². The molecule has 1 unspecified atom stereocenters. The number of aliphatic hydroxyl groups is 1. The topological polar surface area (TPSA) is 71.3 Å². The van der Waals surface area contributed by atoms with Gasteiger partial charge >= 0.3 is 0 Å². The summed E-state index contributed by atoms with van der Waals surface area (Å²) >= 11 is 0. The Morgan fingerprint density at radius 1 is 0.655 bits per heavy atom. The van der Waals surface area contributed by atoms with Crippen molar-refractivity contribution in [3.63, 3.8) is 0 Å². The molecular weight excluding hydrogens is 686 g/mol. The molecular formula is C49H74FNO4. The Hall–Kier alpha value is -3.38. The third kappa shape index (κ3) is 11.4. The maximum atomic E-state index is 14.5. The van der Waals surface area contributed by atoms with Crippen molar-refractivity contribution in [2.45, 2.75) is 176 Å². The highest BCUT2D eigenvalue weighted by molar-refractivity contribution is 5.83. The van der Waals surface area contributed by atoms with E-state index >= 15 is 0 Å². The fourth-order valence-corrected chi connectivity index (χ4v) is 7.01. The number of aromatic hydroxyl groups is 1. The van der Waals surface area contributed by atoms with Gasteiger partial charge in [-0.1, -0.05) is 124 Å². The number of benzene rings is 3. The van der Waals surface area contributed by atoms with Crippen LogP contribution in [-0.4, -0.2) is 35.7 Å². The zero-order valence-electron chi connectivity index (χ0n) is 37.3. The SMILES string of the molecule is CCCCOc1c(C(C)(C)C)cc(C(O)(c2cc(C(C)(C)C)c(OCCCC)c(C(C)(C)C)c2)C(CC(C)C)N=Cc2cc(F)ccc2O)cc1C(C)(C)C. The smallest absolute Gasteiger partial charge is 0.137 e. The Morgan fingerprint density at radius 3 is 1.36 bits per heavy atom. The van der Waals surface area contributed by atoms with Crippen LogP contribution in [0.3, 0.4) is 0 Å². The molecule has 0 heterocycles. The van der Waals surface area contributed by atoms with E-state index in [1.54, 1.807) is 0 Å². The summed E-state index contributed by atoms with van der Waals surface area (Å²) in [6, 6.07) is 11.7. The predicted octanol–water partition coefficient (Wildman–Crippen LogP) is 12.8. The largest absolute Gasteiger partial charge is 0.507 e. The van der Waals surface area contributed by atoms with E-state index in [4.69, 9.17) is 14.5 Å². The Morgan fingerprint density at radius 2 is 1.04 bits per heavy atom. The minimum atomic E-state index is -1.67. The normalized spacial score (nSPS) is 13.9. The fraction of sp³-hybridized carbons (Fsp3) is 0.612.